The van der Waals surface area contributed by atoms with Gasteiger partial charge in [0.15, 0.2) is 6.10 Å². The zero-order valence-corrected chi connectivity index (χ0v) is 65.2. The zero-order chi connectivity index (χ0) is 80.6. The molecule has 1 aliphatic rings. The van der Waals surface area contributed by atoms with Crippen LogP contribution in [0.25, 0.3) is 0 Å². The minimum absolute atomic E-state index is 0.00297. The van der Waals surface area contributed by atoms with Gasteiger partial charge < -0.3 is 129 Å². The number of benzene rings is 2. The number of anilines is 1. The molecule has 1 saturated heterocycles. The Morgan fingerprint density at radius 1 is 0.642 bits per heavy atom. The summed E-state index contributed by atoms with van der Waals surface area (Å²) < 4.78 is 82.2. The summed E-state index contributed by atoms with van der Waals surface area (Å²) in [5.74, 6) is -5.18. The number of nitrogens with two attached hydrogens (primary N) is 1. The molecule has 3 rings (SSSR count). The number of methoxy groups -OCH3 is 1. The summed E-state index contributed by atoms with van der Waals surface area (Å²) in [7, 11) is 4.82. The normalized spacial score (nSPS) is 16.5. The van der Waals surface area contributed by atoms with Gasteiger partial charge in [-0.25, -0.2) is 14.4 Å². The predicted octanol–water partition coefficient (Wildman–Crippen LogP) is 1.43. The van der Waals surface area contributed by atoms with E-state index in [1.165, 1.54) is 30.0 Å². The van der Waals surface area contributed by atoms with Crippen LogP contribution in [0.5, 0.6) is 5.75 Å². The van der Waals surface area contributed by atoms with Gasteiger partial charge in [-0.15, -0.1) is 0 Å². The van der Waals surface area contributed by atoms with Crippen molar-refractivity contribution >= 4 is 53.3 Å². The van der Waals surface area contributed by atoms with Crippen molar-refractivity contribution in [1.82, 2.24) is 31.5 Å². The molecule has 620 valence electrons. The van der Waals surface area contributed by atoms with Crippen LogP contribution in [-0.4, -0.2) is 308 Å². The number of likely N-dealkylation sites (N-methyl/N-ethyl adjacent to an activating group) is 2. The third-order valence-corrected chi connectivity index (χ3v) is 16.8. The standard InChI is InChI=1S/C74H122N8O27/c1-50(2)57(43-51(3)70(90)91)82(10)69(89)66(73(4,5)6)81-68(88)65(76-9)74(7,8)54-13-12-14-55(45-54)80-72(94)107-49-52-15-16-59(108-62-46-58(83)63(86)64(109-62)71(92)93)53(44-52)47-78-60(84)17-19-77-67(87)56(75)48-79-61(85)18-20-96-23-24-98-27-28-100-31-32-102-35-36-104-39-40-106-42-41-105-38-37-103-34-33-101-30-29-99-26-25-97-22-21-95-11/h12-16,43-45,50,56-58,62-66,76,83,86H,17-42,46-49,75H2,1-11H3,(H,77,87)(H,78,84)(H,79,85)(H,80,94)(H,81,88)(H,90,91)(H,92,93)/b51-43+/t56-,57+,58+,62+,63-,64-,65+,66+/m0/s1. The Balaban J connectivity index is 1.35. The van der Waals surface area contributed by atoms with E-state index in [2.05, 4.69) is 31.9 Å². The molecule has 0 spiro atoms. The maximum atomic E-state index is 14.3. The van der Waals surface area contributed by atoms with E-state index in [4.69, 9.17) is 76.8 Å². The topological polar surface area (TPSA) is 457 Å². The summed E-state index contributed by atoms with van der Waals surface area (Å²) in [6, 6.07) is 7.65. The molecule has 35 nitrogen and oxygen atoms in total. The number of rotatable bonds is 60. The second-order valence-electron chi connectivity index (χ2n) is 27.3. The Kier molecular flexibility index (Phi) is 48.0. The minimum atomic E-state index is -1.82. The molecule has 1 fully saturated rings. The molecule has 0 saturated carbocycles. The monoisotopic (exact) mass is 1550 g/mol. The van der Waals surface area contributed by atoms with Gasteiger partial charge in [-0.2, -0.15) is 0 Å². The maximum absolute atomic E-state index is 14.3. The van der Waals surface area contributed by atoms with Crippen LogP contribution in [0.4, 0.5) is 10.5 Å². The highest BCUT2D eigenvalue weighted by Gasteiger charge is 2.44. The number of aliphatic hydroxyl groups excluding tert-OH is 2. The average Bonchev–Trinajstić information content (AvgIpc) is 0.477. The highest BCUT2D eigenvalue weighted by molar-refractivity contribution is 5.92. The van der Waals surface area contributed by atoms with Crippen LogP contribution in [0.2, 0.25) is 0 Å². The van der Waals surface area contributed by atoms with Crippen molar-refractivity contribution in [2.45, 2.75) is 142 Å². The molecule has 2 aromatic carbocycles. The first-order valence-corrected chi connectivity index (χ1v) is 36.7. The largest absolute Gasteiger partial charge is 0.479 e. The molecule has 35 heteroatoms. The SMILES string of the molecule is CN[C@H](C(=O)N[C@H](C(=O)N(C)[C@H](/C=C(\C)C(=O)O)C(C)C)C(C)(C)C)C(C)(C)c1cccc(NC(=O)OCc2ccc(O[C@H]3C[C@@H](O)[C@H](O)[C@@H](C(=O)O)O3)c(CNC(=O)CCNC(=O)[C@@H](N)CNC(=O)CCOCCOCCOCCOCCOCCOCCOCCOCCOCCOCCOCCOC)c2)c1. The second-order valence-corrected chi connectivity index (χ2v) is 27.3. The van der Waals surface area contributed by atoms with E-state index in [0.717, 1.165) is 0 Å². The van der Waals surface area contributed by atoms with E-state index in [0.29, 0.717) is 155 Å². The molecule has 0 unspecified atom stereocenters. The third kappa shape index (κ3) is 39.6. The summed E-state index contributed by atoms with van der Waals surface area (Å²) in [5, 5.41) is 56.6. The quantitative estimate of drug-likeness (QED) is 0.0330. The average molecular weight is 1560 g/mol. The van der Waals surface area contributed by atoms with Gasteiger partial charge in [0.25, 0.3) is 0 Å². The fourth-order valence-corrected chi connectivity index (χ4v) is 10.6. The molecule has 0 aliphatic carbocycles. The predicted molar refractivity (Wildman–Crippen MR) is 396 cm³/mol. The maximum Gasteiger partial charge on any atom is 0.411 e. The number of ether oxygens (including phenoxy) is 15. The Bertz CT molecular complexity index is 3010. The van der Waals surface area contributed by atoms with Crippen LogP contribution in [-0.2, 0) is 118 Å². The number of hydrogen-bond donors (Lipinski definition) is 11. The molecule has 0 aromatic heterocycles. The van der Waals surface area contributed by atoms with E-state index >= 15 is 0 Å². The van der Waals surface area contributed by atoms with E-state index in [9.17, 15) is 58.8 Å². The second kappa shape index (κ2) is 54.5. The van der Waals surface area contributed by atoms with E-state index < -0.39 is 107 Å². The molecule has 0 radical (unpaired) electrons. The number of carbonyl (C=O) groups excluding carboxylic acids is 6. The first kappa shape index (κ1) is 96.1. The van der Waals surface area contributed by atoms with Crippen LogP contribution in [0.3, 0.4) is 0 Å². The first-order valence-electron chi connectivity index (χ1n) is 36.7. The fourth-order valence-electron chi connectivity index (χ4n) is 10.6. The number of amides is 6. The van der Waals surface area contributed by atoms with Crippen molar-refractivity contribution < 1.29 is 130 Å². The molecular formula is C74H122N8O27. The smallest absolute Gasteiger partial charge is 0.411 e. The number of hydrogen-bond acceptors (Lipinski definition) is 27. The summed E-state index contributed by atoms with van der Waals surface area (Å²) in [5.41, 5.74) is 6.01. The van der Waals surface area contributed by atoms with Crippen LogP contribution in [0.15, 0.2) is 54.1 Å². The highest BCUT2D eigenvalue weighted by Crippen LogP contribution is 2.32. The van der Waals surface area contributed by atoms with Crippen LogP contribution >= 0.6 is 0 Å². The van der Waals surface area contributed by atoms with Gasteiger partial charge in [-0.05, 0) is 60.7 Å². The Hall–Kier alpha value is -7.14. The van der Waals surface area contributed by atoms with E-state index in [1.54, 1.807) is 51.5 Å². The summed E-state index contributed by atoms with van der Waals surface area (Å²) in [6.07, 6.45) is -6.30. The number of nitrogens with zero attached hydrogens (tertiary/aromatic N) is 1. The molecule has 1 heterocycles. The fraction of sp³-hybridized carbons (Fsp3) is 0.703. The number of aliphatic hydroxyl groups is 2. The molecule has 2 aromatic rings. The van der Waals surface area contributed by atoms with Crippen molar-refractivity contribution in [2.75, 3.05) is 192 Å². The van der Waals surface area contributed by atoms with Crippen LogP contribution < -0.4 is 42.4 Å². The van der Waals surface area contributed by atoms with E-state index in [-0.39, 0.29) is 82.6 Å². The number of carbonyl (C=O) groups is 8. The Morgan fingerprint density at radius 2 is 1.14 bits per heavy atom. The van der Waals surface area contributed by atoms with Gasteiger partial charge in [0.2, 0.25) is 35.8 Å². The van der Waals surface area contributed by atoms with Crippen molar-refractivity contribution in [3.63, 3.8) is 0 Å². The molecular weight excluding hydrogens is 1430 g/mol. The summed E-state index contributed by atoms with van der Waals surface area (Å²) >= 11 is 0. The lowest BCUT2D eigenvalue weighted by molar-refractivity contribution is -0.228. The Morgan fingerprint density at radius 3 is 1.61 bits per heavy atom. The van der Waals surface area contributed by atoms with Gasteiger partial charge in [-0.3, -0.25) is 29.3 Å². The van der Waals surface area contributed by atoms with Gasteiger partial charge in [-0.1, -0.05) is 72.7 Å². The van der Waals surface area contributed by atoms with Crippen molar-refractivity contribution in [3.8, 4) is 5.75 Å². The first-order chi connectivity index (χ1) is 52.0. The Labute approximate surface area is 639 Å². The molecule has 6 amide bonds. The number of carboxylic acids is 2. The van der Waals surface area contributed by atoms with Gasteiger partial charge in [0.1, 0.15) is 30.5 Å². The molecule has 109 heavy (non-hydrogen) atoms. The number of nitrogens with one attached hydrogen (secondary N) is 6. The van der Waals surface area contributed by atoms with Crippen LogP contribution in [0.1, 0.15) is 91.3 Å². The highest BCUT2D eigenvalue weighted by atomic mass is 16.7. The minimum Gasteiger partial charge on any atom is -0.479 e. The number of aliphatic carboxylic acids is 2. The third-order valence-electron chi connectivity index (χ3n) is 16.8. The number of carboxylic acid groups (broad SMARTS) is 2. The summed E-state index contributed by atoms with van der Waals surface area (Å²) in [6.45, 7) is 23.1. The van der Waals surface area contributed by atoms with E-state index in [1.807, 2.05) is 48.5 Å². The zero-order valence-electron chi connectivity index (χ0n) is 65.2. The molecule has 1 aliphatic heterocycles. The van der Waals surface area contributed by atoms with Gasteiger partial charge in [0.05, 0.1) is 170 Å². The summed E-state index contributed by atoms with van der Waals surface area (Å²) in [4.78, 5) is 105. The lowest BCUT2D eigenvalue weighted by atomic mass is 9.76. The molecule has 0 bridgehead atoms. The van der Waals surface area contributed by atoms with Gasteiger partial charge >= 0.3 is 18.0 Å². The molecule has 12 N–H and O–H groups in total. The van der Waals surface area contributed by atoms with Crippen molar-refractivity contribution in [1.29, 1.82) is 0 Å². The van der Waals surface area contributed by atoms with Crippen molar-refractivity contribution in [3.05, 3.63) is 70.8 Å². The van der Waals surface area contributed by atoms with Crippen LogP contribution in [0, 0.1) is 11.3 Å². The van der Waals surface area contributed by atoms with Crippen molar-refractivity contribution in [2.24, 2.45) is 17.1 Å². The van der Waals surface area contributed by atoms with Gasteiger partial charge in [0, 0.05) is 75.3 Å². The lowest BCUT2D eigenvalue weighted by Gasteiger charge is -2.40. The lowest BCUT2D eigenvalue weighted by Crippen LogP contribution is -2.61. The molecule has 8 atom stereocenters.